The number of hydrogen-bond donors (Lipinski definition) is 1. The molecule has 0 aliphatic carbocycles. The number of aromatic nitrogens is 3. The molecule has 9 heteroatoms. The highest BCUT2D eigenvalue weighted by atomic mass is 32.1. The van der Waals surface area contributed by atoms with E-state index < -0.39 is 6.04 Å². The quantitative estimate of drug-likeness (QED) is 0.736. The van der Waals surface area contributed by atoms with Gasteiger partial charge in [0.25, 0.3) is 5.91 Å². The van der Waals surface area contributed by atoms with Crippen molar-refractivity contribution in [3.63, 3.8) is 0 Å². The highest BCUT2D eigenvalue weighted by molar-refractivity contribution is 7.13. The average Bonchev–Trinajstić information content (AvgIpc) is 3.33. The van der Waals surface area contributed by atoms with Crippen molar-refractivity contribution in [2.75, 3.05) is 13.1 Å². The van der Waals surface area contributed by atoms with Crippen molar-refractivity contribution in [2.45, 2.75) is 19.4 Å². The number of pyridine rings is 1. The van der Waals surface area contributed by atoms with Crippen LogP contribution in [0.15, 0.2) is 41.2 Å². The first-order chi connectivity index (χ1) is 13.1. The zero-order chi connectivity index (χ0) is 18.8. The van der Waals surface area contributed by atoms with Crippen molar-refractivity contribution in [2.24, 2.45) is 0 Å². The van der Waals surface area contributed by atoms with Gasteiger partial charge in [-0.05, 0) is 31.2 Å². The summed E-state index contributed by atoms with van der Waals surface area (Å²) in [7, 11) is 0. The summed E-state index contributed by atoms with van der Waals surface area (Å²) < 4.78 is 5.31. The predicted octanol–water partition coefficient (Wildman–Crippen LogP) is 1.68. The van der Waals surface area contributed by atoms with E-state index in [0.717, 1.165) is 10.4 Å². The topological polar surface area (TPSA) is 101 Å². The zero-order valence-corrected chi connectivity index (χ0v) is 15.4. The number of piperazine rings is 1. The lowest BCUT2D eigenvalue weighted by atomic mass is 10.1. The Hall–Kier alpha value is -3.07. The molecular formula is C18H17N5O3S. The smallest absolute Gasteiger partial charge is 0.264 e. The molecule has 1 aliphatic rings. The maximum atomic E-state index is 12.9. The van der Waals surface area contributed by atoms with Crippen LogP contribution in [-0.4, -0.2) is 51.0 Å². The summed E-state index contributed by atoms with van der Waals surface area (Å²) in [5, 5.41) is 6.77. The van der Waals surface area contributed by atoms with Gasteiger partial charge in [0.1, 0.15) is 6.04 Å². The number of rotatable bonds is 4. The number of nitrogens with one attached hydrogen (secondary N) is 1. The minimum Gasteiger partial charge on any atom is -0.353 e. The summed E-state index contributed by atoms with van der Waals surface area (Å²) in [4.78, 5) is 36.9. The second-order valence-electron chi connectivity index (χ2n) is 6.17. The molecule has 1 aliphatic heterocycles. The zero-order valence-electron chi connectivity index (χ0n) is 14.6. The Labute approximate surface area is 159 Å². The lowest BCUT2D eigenvalue weighted by Crippen LogP contribution is -2.58. The van der Waals surface area contributed by atoms with Crippen LogP contribution >= 0.6 is 11.3 Å². The van der Waals surface area contributed by atoms with E-state index in [9.17, 15) is 9.59 Å². The fourth-order valence-corrected chi connectivity index (χ4v) is 3.80. The van der Waals surface area contributed by atoms with Crippen molar-refractivity contribution < 1.29 is 14.1 Å². The van der Waals surface area contributed by atoms with Crippen molar-refractivity contribution in [3.8, 4) is 11.4 Å². The molecule has 0 spiro atoms. The fourth-order valence-electron chi connectivity index (χ4n) is 2.97. The molecule has 0 radical (unpaired) electrons. The lowest BCUT2D eigenvalue weighted by Gasteiger charge is -2.34. The third-order valence-corrected chi connectivity index (χ3v) is 5.31. The summed E-state index contributed by atoms with van der Waals surface area (Å²) in [5.41, 5.74) is 0.773. The van der Waals surface area contributed by atoms with Crippen LogP contribution in [0.1, 0.15) is 20.4 Å². The second-order valence-corrected chi connectivity index (χ2v) is 7.46. The largest absolute Gasteiger partial charge is 0.353 e. The van der Waals surface area contributed by atoms with E-state index in [4.69, 9.17) is 4.52 Å². The molecule has 1 N–H and O–H groups in total. The Balaban J connectivity index is 1.56. The Morgan fingerprint density at radius 3 is 2.89 bits per heavy atom. The van der Waals surface area contributed by atoms with Crippen LogP contribution in [0, 0.1) is 6.92 Å². The van der Waals surface area contributed by atoms with E-state index in [1.165, 1.54) is 11.3 Å². The number of aryl methyl sites for hydroxylation is 1. The van der Waals surface area contributed by atoms with Gasteiger partial charge >= 0.3 is 0 Å². The number of nitrogens with zero attached hydrogens (tertiary/aromatic N) is 4. The number of carbonyl (C=O) groups is 2. The van der Waals surface area contributed by atoms with Gasteiger partial charge in [0.15, 0.2) is 0 Å². The third kappa shape index (κ3) is 3.59. The van der Waals surface area contributed by atoms with Gasteiger partial charge in [0.05, 0.1) is 11.3 Å². The molecule has 27 heavy (non-hydrogen) atoms. The molecule has 3 aromatic heterocycles. The fraction of sp³-hybridized carbons (Fsp3) is 0.278. The molecule has 4 rings (SSSR count). The van der Waals surface area contributed by atoms with E-state index in [1.54, 1.807) is 35.5 Å². The van der Waals surface area contributed by atoms with Crippen LogP contribution in [0.2, 0.25) is 0 Å². The van der Waals surface area contributed by atoms with Gasteiger partial charge in [-0.15, -0.1) is 11.3 Å². The number of thiophene rings is 1. The first kappa shape index (κ1) is 17.3. The molecule has 2 amide bonds. The van der Waals surface area contributed by atoms with E-state index >= 15 is 0 Å². The van der Waals surface area contributed by atoms with Crippen LogP contribution < -0.4 is 5.32 Å². The van der Waals surface area contributed by atoms with Gasteiger partial charge in [-0.25, -0.2) is 0 Å². The van der Waals surface area contributed by atoms with Crippen LogP contribution in [0.4, 0.5) is 0 Å². The molecular weight excluding hydrogens is 366 g/mol. The summed E-state index contributed by atoms with van der Waals surface area (Å²) >= 11 is 1.42. The van der Waals surface area contributed by atoms with Gasteiger partial charge < -0.3 is 14.7 Å². The number of carbonyl (C=O) groups excluding carboxylic acids is 2. The van der Waals surface area contributed by atoms with E-state index in [2.05, 4.69) is 20.4 Å². The molecule has 138 valence electrons. The van der Waals surface area contributed by atoms with Gasteiger partial charge in [-0.3, -0.25) is 14.6 Å². The lowest BCUT2D eigenvalue weighted by molar-refractivity contribution is -0.127. The first-order valence-corrected chi connectivity index (χ1v) is 9.31. The van der Waals surface area contributed by atoms with Gasteiger partial charge in [0, 0.05) is 35.9 Å². The highest BCUT2D eigenvalue weighted by Gasteiger charge is 2.35. The summed E-state index contributed by atoms with van der Waals surface area (Å²) in [6.45, 7) is 2.82. The molecule has 1 saturated heterocycles. The normalized spacial score (nSPS) is 17.0. The van der Waals surface area contributed by atoms with Crippen molar-refractivity contribution >= 4 is 23.2 Å². The molecule has 1 fully saturated rings. The Morgan fingerprint density at radius 2 is 2.15 bits per heavy atom. The maximum absolute atomic E-state index is 12.9. The van der Waals surface area contributed by atoms with Gasteiger partial charge in [-0.2, -0.15) is 4.98 Å². The highest BCUT2D eigenvalue weighted by Crippen LogP contribution is 2.21. The number of hydrogen-bond acceptors (Lipinski definition) is 7. The van der Waals surface area contributed by atoms with E-state index in [1.807, 2.05) is 13.0 Å². The van der Waals surface area contributed by atoms with E-state index in [-0.39, 0.29) is 18.2 Å². The second kappa shape index (κ2) is 7.28. The van der Waals surface area contributed by atoms with E-state index in [0.29, 0.717) is 29.7 Å². The molecule has 3 aromatic rings. The first-order valence-electron chi connectivity index (χ1n) is 8.50. The maximum Gasteiger partial charge on any atom is 0.264 e. The molecule has 0 aromatic carbocycles. The molecule has 0 bridgehead atoms. The Bertz CT molecular complexity index is 968. The van der Waals surface area contributed by atoms with Crippen molar-refractivity contribution in [3.05, 3.63) is 52.3 Å². The molecule has 1 atom stereocenters. The Morgan fingerprint density at radius 1 is 1.33 bits per heavy atom. The molecule has 0 saturated carbocycles. The van der Waals surface area contributed by atoms with Crippen LogP contribution in [0.5, 0.6) is 0 Å². The van der Waals surface area contributed by atoms with Gasteiger partial charge in [0.2, 0.25) is 17.6 Å². The monoisotopic (exact) mass is 383 g/mol. The summed E-state index contributed by atoms with van der Waals surface area (Å²) in [6, 6.07) is 6.56. The number of amides is 2. The Kier molecular flexibility index (Phi) is 4.68. The van der Waals surface area contributed by atoms with Crippen LogP contribution in [0.25, 0.3) is 11.4 Å². The molecule has 1 unspecified atom stereocenters. The summed E-state index contributed by atoms with van der Waals surface area (Å²) in [5.74, 6) is 0.368. The molecule has 4 heterocycles. The van der Waals surface area contributed by atoms with Crippen molar-refractivity contribution in [1.82, 2.24) is 25.3 Å². The minimum absolute atomic E-state index is 0.151. The predicted molar refractivity (Wildman–Crippen MR) is 98.1 cm³/mol. The van der Waals surface area contributed by atoms with Crippen molar-refractivity contribution in [1.29, 1.82) is 0 Å². The minimum atomic E-state index is -0.681. The average molecular weight is 383 g/mol. The van der Waals surface area contributed by atoms with Crippen LogP contribution in [-0.2, 0) is 11.2 Å². The molecule has 8 nitrogen and oxygen atoms in total. The third-order valence-electron chi connectivity index (χ3n) is 4.32. The van der Waals surface area contributed by atoms with Crippen LogP contribution in [0.3, 0.4) is 0 Å². The van der Waals surface area contributed by atoms with Gasteiger partial charge in [-0.1, -0.05) is 5.16 Å². The summed E-state index contributed by atoms with van der Waals surface area (Å²) in [6.07, 6.45) is 3.45. The SMILES string of the molecule is Cc1ccc(C(=O)N2CCNC(=O)C2Cc2nc(-c3ccncc3)no2)s1. The standard InChI is InChI=1S/C18H17N5O3S/c1-11-2-3-14(27-11)18(25)23-9-8-20-17(24)13(23)10-15-21-16(22-26-15)12-4-6-19-7-5-12/h2-7,13H,8-10H2,1H3,(H,20,24).